The number of ether oxygens (including phenoxy) is 2. The fourth-order valence-corrected chi connectivity index (χ4v) is 0.903. The van der Waals surface area contributed by atoms with Gasteiger partial charge in [0, 0.05) is 6.42 Å². The van der Waals surface area contributed by atoms with Gasteiger partial charge in [0.15, 0.2) is 6.10 Å². The zero-order valence-corrected chi connectivity index (χ0v) is 6.02. The zero-order chi connectivity index (χ0) is 8.48. The highest BCUT2D eigenvalue weighted by atomic mass is 19.4. The van der Waals surface area contributed by atoms with Gasteiger partial charge in [-0.25, -0.2) is 0 Å². The van der Waals surface area contributed by atoms with E-state index in [0.717, 1.165) is 0 Å². The van der Waals surface area contributed by atoms with Crippen molar-refractivity contribution in [1.29, 1.82) is 0 Å². The molecule has 0 radical (unpaired) electrons. The number of halogens is 3. The van der Waals surface area contributed by atoms with Gasteiger partial charge in [0.2, 0.25) is 0 Å². The summed E-state index contributed by atoms with van der Waals surface area (Å²) in [6, 6.07) is 0. The molecule has 1 rings (SSSR count). The highest BCUT2D eigenvalue weighted by Gasteiger charge is 2.43. The predicted molar refractivity (Wildman–Crippen MR) is 31.0 cm³/mol. The molecule has 66 valence electrons. The molecule has 2 atom stereocenters. The van der Waals surface area contributed by atoms with Crippen molar-refractivity contribution in [1.82, 2.24) is 0 Å². The maximum atomic E-state index is 11.9. The highest BCUT2D eigenvalue weighted by Crippen LogP contribution is 2.29. The van der Waals surface area contributed by atoms with Crippen LogP contribution in [-0.2, 0) is 9.47 Å². The van der Waals surface area contributed by atoms with Crippen LogP contribution in [0, 0.1) is 0 Å². The Morgan fingerprint density at radius 3 is 2.27 bits per heavy atom. The van der Waals surface area contributed by atoms with Crippen LogP contribution in [0.1, 0.15) is 13.3 Å². The first-order valence-corrected chi connectivity index (χ1v) is 3.30. The minimum Gasteiger partial charge on any atom is -0.352 e. The molecule has 0 spiro atoms. The summed E-state index contributed by atoms with van der Waals surface area (Å²) >= 11 is 0. The maximum absolute atomic E-state index is 11.9. The minimum absolute atomic E-state index is 0.108. The fourth-order valence-electron chi connectivity index (χ4n) is 0.903. The van der Waals surface area contributed by atoms with Gasteiger partial charge < -0.3 is 9.47 Å². The molecule has 0 unspecified atom stereocenters. The lowest BCUT2D eigenvalue weighted by atomic mass is 10.1. The molecule has 0 aromatic rings. The maximum Gasteiger partial charge on any atom is 0.414 e. The second kappa shape index (κ2) is 2.98. The van der Waals surface area contributed by atoms with E-state index in [0.29, 0.717) is 0 Å². The number of hydrogen-bond acceptors (Lipinski definition) is 2. The van der Waals surface area contributed by atoms with E-state index in [1.165, 1.54) is 0 Å². The fraction of sp³-hybridized carbons (Fsp3) is 1.00. The second-order valence-electron chi connectivity index (χ2n) is 2.53. The van der Waals surface area contributed by atoms with Crippen molar-refractivity contribution in [2.45, 2.75) is 31.7 Å². The second-order valence-corrected chi connectivity index (χ2v) is 2.53. The van der Waals surface area contributed by atoms with E-state index >= 15 is 0 Å². The third kappa shape index (κ3) is 2.34. The third-order valence-corrected chi connectivity index (χ3v) is 1.53. The summed E-state index contributed by atoms with van der Waals surface area (Å²) in [5, 5.41) is 0. The summed E-state index contributed by atoms with van der Waals surface area (Å²) in [4.78, 5) is 0. The highest BCUT2D eigenvalue weighted by molar-refractivity contribution is 4.72. The van der Waals surface area contributed by atoms with Crippen molar-refractivity contribution in [2.75, 3.05) is 6.79 Å². The topological polar surface area (TPSA) is 18.5 Å². The van der Waals surface area contributed by atoms with Crippen LogP contribution in [0.3, 0.4) is 0 Å². The molecule has 1 heterocycles. The monoisotopic (exact) mass is 170 g/mol. The average Bonchev–Trinajstić information content (AvgIpc) is 1.86. The molecule has 1 aliphatic heterocycles. The van der Waals surface area contributed by atoms with Crippen molar-refractivity contribution in [2.24, 2.45) is 0 Å². The van der Waals surface area contributed by atoms with Gasteiger partial charge >= 0.3 is 6.18 Å². The van der Waals surface area contributed by atoms with E-state index in [2.05, 4.69) is 4.74 Å². The molecule has 5 heteroatoms. The molecule has 11 heavy (non-hydrogen) atoms. The summed E-state index contributed by atoms with van der Waals surface area (Å²) in [6.07, 6.45) is -6.37. The van der Waals surface area contributed by atoms with Gasteiger partial charge in [0.1, 0.15) is 6.79 Å². The molecule has 0 saturated carbocycles. The summed E-state index contributed by atoms with van der Waals surface area (Å²) < 4.78 is 44.9. The van der Waals surface area contributed by atoms with Gasteiger partial charge in [0.25, 0.3) is 0 Å². The first-order chi connectivity index (χ1) is 5.00. The van der Waals surface area contributed by atoms with Gasteiger partial charge in [-0.1, -0.05) is 0 Å². The van der Waals surface area contributed by atoms with Crippen molar-refractivity contribution in [3.05, 3.63) is 0 Å². The van der Waals surface area contributed by atoms with Gasteiger partial charge in [-0.2, -0.15) is 13.2 Å². The van der Waals surface area contributed by atoms with E-state index in [9.17, 15) is 13.2 Å². The van der Waals surface area contributed by atoms with E-state index in [4.69, 9.17) is 4.74 Å². The largest absolute Gasteiger partial charge is 0.414 e. The van der Waals surface area contributed by atoms with Gasteiger partial charge in [-0.15, -0.1) is 0 Å². The molecule has 0 aromatic carbocycles. The summed E-state index contributed by atoms with van der Waals surface area (Å²) in [7, 11) is 0. The minimum atomic E-state index is -4.25. The Morgan fingerprint density at radius 1 is 1.27 bits per heavy atom. The molecular formula is C6H9F3O2. The first-order valence-electron chi connectivity index (χ1n) is 3.30. The number of rotatable bonds is 0. The smallest absolute Gasteiger partial charge is 0.352 e. The molecule has 1 saturated heterocycles. The molecule has 0 aliphatic carbocycles. The molecule has 0 bridgehead atoms. The van der Waals surface area contributed by atoms with Crippen LogP contribution in [0.25, 0.3) is 0 Å². The lowest BCUT2D eigenvalue weighted by Gasteiger charge is -2.28. The normalized spacial score (nSPS) is 33.8. The molecule has 2 nitrogen and oxygen atoms in total. The van der Waals surface area contributed by atoms with Crippen LogP contribution < -0.4 is 0 Å². The van der Waals surface area contributed by atoms with E-state index in [-0.39, 0.29) is 19.3 Å². The van der Waals surface area contributed by atoms with Crippen molar-refractivity contribution >= 4 is 0 Å². The zero-order valence-electron chi connectivity index (χ0n) is 6.02. The Hall–Kier alpha value is -0.290. The van der Waals surface area contributed by atoms with E-state index in [1.807, 2.05) is 0 Å². The summed E-state index contributed by atoms with van der Waals surface area (Å²) in [5.41, 5.74) is 0. The predicted octanol–water partition coefficient (Wildman–Crippen LogP) is 1.70. The van der Waals surface area contributed by atoms with Gasteiger partial charge in [0.05, 0.1) is 6.10 Å². The summed E-state index contributed by atoms with van der Waals surface area (Å²) in [5.74, 6) is 0. The van der Waals surface area contributed by atoms with E-state index < -0.39 is 12.3 Å². The molecule has 0 amide bonds. The molecule has 0 aromatic heterocycles. The van der Waals surface area contributed by atoms with Crippen LogP contribution in [-0.4, -0.2) is 25.2 Å². The third-order valence-electron chi connectivity index (χ3n) is 1.53. The Kier molecular flexibility index (Phi) is 2.39. The van der Waals surface area contributed by atoms with Crippen LogP contribution in [0.2, 0.25) is 0 Å². The Morgan fingerprint density at radius 2 is 1.91 bits per heavy atom. The van der Waals surface area contributed by atoms with Crippen molar-refractivity contribution < 1.29 is 22.6 Å². The van der Waals surface area contributed by atoms with Crippen LogP contribution in [0.15, 0.2) is 0 Å². The summed E-state index contributed by atoms with van der Waals surface area (Å²) in [6.45, 7) is 1.34. The Bertz CT molecular complexity index is 134. The van der Waals surface area contributed by atoms with Crippen molar-refractivity contribution in [3.8, 4) is 0 Å². The van der Waals surface area contributed by atoms with Crippen LogP contribution >= 0.6 is 0 Å². The SMILES string of the molecule is C[C@@H]1C[C@@H](C(F)(F)F)OCO1. The van der Waals surface area contributed by atoms with Crippen molar-refractivity contribution in [3.63, 3.8) is 0 Å². The standard InChI is InChI=1S/C6H9F3O2/c1-4-2-5(6(7,8)9)11-3-10-4/h4-5H,2-3H2,1H3/t4-,5+/m1/s1. The Balaban J connectivity index is 2.46. The lowest BCUT2D eigenvalue weighted by Crippen LogP contribution is -2.39. The molecule has 1 aliphatic rings. The van der Waals surface area contributed by atoms with Crippen LogP contribution in [0.4, 0.5) is 13.2 Å². The molecular weight excluding hydrogens is 161 g/mol. The van der Waals surface area contributed by atoms with Gasteiger partial charge in [-0.05, 0) is 6.92 Å². The number of hydrogen-bond donors (Lipinski definition) is 0. The molecule has 1 fully saturated rings. The van der Waals surface area contributed by atoms with Crippen LogP contribution in [0.5, 0.6) is 0 Å². The van der Waals surface area contributed by atoms with E-state index in [1.54, 1.807) is 6.92 Å². The average molecular weight is 170 g/mol. The molecule has 0 N–H and O–H groups in total. The quantitative estimate of drug-likeness (QED) is 0.550. The first kappa shape index (κ1) is 8.80. The lowest BCUT2D eigenvalue weighted by molar-refractivity contribution is -0.279. The van der Waals surface area contributed by atoms with Gasteiger partial charge in [-0.3, -0.25) is 0 Å². The number of alkyl halides is 3. The Labute approximate surface area is 62.3 Å².